The molecular formula is C19H27NO2. The summed E-state index contributed by atoms with van der Waals surface area (Å²) in [6.45, 7) is 3.38. The molecule has 1 fully saturated rings. The normalized spacial score (nSPS) is 19.9. The highest BCUT2D eigenvalue weighted by Gasteiger charge is 2.28. The molecule has 0 spiro atoms. The van der Waals surface area contributed by atoms with Crippen LogP contribution < -0.4 is 0 Å². The van der Waals surface area contributed by atoms with E-state index >= 15 is 0 Å². The van der Waals surface area contributed by atoms with Crippen LogP contribution in [0.1, 0.15) is 51.1 Å². The van der Waals surface area contributed by atoms with Crippen molar-refractivity contribution in [2.24, 2.45) is 5.92 Å². The van der Waals surface area contributed by atoms with Crippen LogP contribution in [0.3, 0.4) is 0 Å². The number of carbonyl (C=O) groups is 1. The van der Waals surface area contributed by atoms with Crippen LogP contribution in [-0.2, 0) is 9.53 Å². The topological polar surface area (TPSA) is 29.5 Å². The summed E-state index contributed by atoms with van der Waals surface area (Å²) in [5.74, 6) is 1.24. The van der Waals surface area contributed by atoms with Crippen LogP contribution in [0.2, 0.25) is 0 Å². The van der Waals surface area contributed by atoms with Gasteiger partial charge in [0.25, 0.3) is 0 Å². The summed E-state index contributed by atoms with van der Waals surface area (Å²) in [5, 5.41) is 0. The summed E-state index contributed by atoms with van der Waals surface area (Å²) in [5.41, 5.74) is 2.69. The minimum absolute atomic E-state index is 0.220. The monoisotopic (exact) mass is 301 g/mol. The van der Waals surface area contributed by atoms with Crippen LogP contribution in [0.15, 0.2) is 41.7 Å². The van der Waals surface area contributed by atoms with Crippen molar-refractivity contribution in [3.63, 3.8) is 0 Å². The summed E-state index contributed by atoms with van der Waals surface area (Å²) >= 11 is 0. The van der Waals surface area contributed by atoms with Gasteiger partial charge < -0.3 is 9.64 Å². The zero-order valence-corrected chi connectivity index (χ0v) is 14.1. The predicted molar refractivity (Wildman–Crippen MR) is 89.3 cm³/mol. The minimum Gasteiger partial charge on any atom is -0.432 e. The second-order valence-corrected chi connectivity index (χ2v) is 6.41. The van der Waals surface area contributed by atoms with Crippen LogP contribution >= 0.6 is 0 Å². The molecule has 1 aliphatic rings. The van der Waals surface area contributed by atoms with E-state index in [1.165, 1.54) is 18.1 Å². The van der Waals surface area contributed by atoms with Gasteiger partial charge in [-0.1, -0.05) is 30.3 Å². The van der Waals surface area contributed by atoms with Crippen molar-refractivity contribution in [3.8, 4) is 0 Å². The first-order valence-electron chi connectivity index (χ1n) is 8.07. The molecule has 3 nitrogen and oxygen atoms in total. The number of allylic oxidation sites excluding steroid dienone is 2. The molecule has 1 atom stereocenters. The Morgan fingerprint density at radius 2 is 1.73 bits per heavy atom. The molecule has 0 amide bonds. The molecule has 3 heteroatoms. The van der Waals surface area contributed by atoms with Crippen molar-refractivity contribution in [2.75, 3.05) is 14.1 Å². The molecule has 0 saturated heterocycles. The standard InChI is InChI=1S/C19H27NO2/c1-14(22-15(2)21)16-10-12-18(13-11-16)19(20(3)4)17-8-6-5-7-9-17/h5-9,18-19H,10-13H2,1-4H3. The lowest BCUT2D eigenvalue weighted by molar-refractivity contribution is -0.136. The molecule has 0 bridgehead atoms. The average molecular weight is 301 g/mol. The van der Waals surface area contributed by atoms with Gasteiger partial charge in [0.05, 0.1) is 0 Å². The summed E-state index contributed by atoms with van der Waals surface area (Å²) in [6.07, 6.45) is 4.35. The third-order valence-electron chi connectivity index (χ3n) is 4.57. The first kappa shape index (κ1) is 16.8. The molecule has 1 saturated carbocycles. The summed E-state index contributed by atoms with van der Waals surface area (Å²) < 4.78 is 5.25. The van der Waals surface area contributed by atoms with Crippen molar-refractivity contribution >= 4 is 5.97 Å². The molecule has 2 rings (SSSR count). The van der Waals surface area contributed by atoms with Crippen LogP contribution in [0.25, 0.3) is 0 Å². The third kappa shape index (κ3) is 4.20. The lowest BCUT2D eigenvalue weighted by Crippen LogP contribution is -2.29. The fourth-order valence-corrected chi connectivity index (χ4v) is 3.59. The zero-order valence-electron chi connectivity index (χ0n) is 14.1. The molecule has 0 aliphatic heterocycles. The first-order chi connectivity index (χ1) is 10.5. The van der Waals surface area contributed by atoms with Crippen LogP contribution in [0.5, 0.6) is 0 Å². The second-order valence-electron chi connectivity index (χ2n) is 6.41. The Kier molecular flexibility index (Phi) is 5.78. The van der Waals surface area contributed by atoms with E-state index in [0.717, 1.165) is 31.4 Å². The molecule has 1 unspecified atom stereocenters. The van der Waals surface area contributed by atoms with Gasteiger partial charge >= 0.3 is 5.97 Å². The third-order valence-corrected chi connectivity index (χ3v) is 4.57. The van der Waals surface area contributed by atoms with Crippen molar-refractivity contribution in [1.82, 2.24) is 4.90 Å². The van der Waals surface area contributed by atoms with Gasteiger partial charge in [0.1, 0.15) is 5.76 Å². The molecule has 0 radical (unpaired) electrons. The van der Waals surface area contributed by atoms with Gasteiger partial charge in [0.15, 0.2) is 0 Å². The lowest BCUT2D eigenvalue weighted by Gasteiger charge is -2.36. The van der Waals surface area contributed by atoms with Gasteiger partial charge in [-0.2, -0.15) is 0 Å². The van der Waals surface area contributed by atoms with Crippen LogP contribution in [-0.4, -0.2) is 25.0 Å². The van der Waals surface area contributed by atoms with E-state index in [-0.39, 0.29) is 5.97 Å². The number of carbonyl (C=O) groups excluding carboxylic acids is 1. The fraction of sp³-hybridized carbons (Fsp3) is 0.526. The number of hydrogen-bond acceptors (Lipinski definition) is 3. The van der Waals surface area contributed by atoms with Gasteiger partial charge in [0.2, 0.25) is 0 Å². The smallest absolute Gasteiger partial charge is 0.307 e. The quantitative estimate of drug-likeness (QED) is 0.613. The van der Waals surface area contributed by atoms with E-state index < -0.39 is 0 Å². The Morgan fingerprint density at radius 1 is 1.14 bits per heavy atom. The molecule has 0 heterocycles. The molecule has 1 aliphatic carbocycles. The van der Waals surface area contributed by atoms with E-state index in [1.54, 1.807) is 0 Å². The number of hydrogen-bond donors (Lipinski definition) is 0. The Labute approximate surface area is 134 Å². The van der Waals surface area contributed by atoms with Gasteiger partial charge in [-0.15, -0.1) is 0 Å². The maximum absolute atomic E-state index is 11.1. The van der Waals surface area contributed by atoms with Crippen molar-refractivity contribution in [3.05, 3.63) is 47.2 Å². The van der Waals surface area contributed by atoms with Crippen molar-refractivity contribution < 1.29 is 9.53 Å². The maximum atomic E-state index is 11.1. The predicted octanol–water partition coefficient (Wildman–Crippen LogP) is 4.32. The van der Waals surface area contributed by atoms with E-state index in [9.17, 15) is 4.79 Å². The molecule has 0 aromatic heterocycles. The highest BCUT2D eigenvalue weighted by Crippen LogP contribution is 2.39. The van der Waals surface area contributed by atoms with Crippen LogP contribution in [0, 0.1) is 5.92 Å². The average Bonchev–Trinajstić information content (AvgIpc) is 2.48. The maximum Gasteiger partial charge on any atom is 0.307 e. The second kappa shape index (κ2) is 7.59. The van der Waals surface area contributed by atoms with E-state index in [4.69, 9.17) is 4.74 Å². The number of rotatable bonds is 4. The molecular weight excluding hydrogens is 274 g/mol. The van der Waals surface area contributed by atoms with E-state index in [2.05, 4.69) is 49.3 Å². The van der Waals surface area contributed by atoms with Crippen molar-refractivity contribution in [2.45, 2.75) is 45.6 Å². The fourth-order valence-electron chi connectivity index (χ4n) is 3.59. The summed E-state index contributed by atoms with van der Waals surface area (Å²) in [6, 6.07) is 11.2. The number of esters is 1. The summed E-state index contributed by atoms with van der Waals surface area (Å²) in [7, 11) is 4.32. The zero-order chi connectivity index (χ0) is 16.1. The van der Waals surface area contributed by atoms with E-state index in [1.807, 2.05) is 6.92 Å². The molecule has 120 valence electrons. The van der Waals surface area contributed by atoms with Gasteiger partial charge in [-0.3, -0.25) is 4.79 Å². The van der Waals surface area contributed by atoms with Gasteiger partial charge in [-0.05, 0) is 63.8 Å². The SMILES string of the molecule is CC(=O)OC(C)=C1CCC(C(c2ccccc2)N(C)C)CC1. The Balaban J connectivity index is 2.07. The lowest BCUT2D eigenvalue weighted by atomic mass is 9.78. The first-order valence-corrected chi connectivity index (χ1v) is 8.07. The highest BCUT2D eigenvalue weighted by molar-refractivity contribution is 5.67. The minimum atomic E-state index is -0.220. The number of ether oxygens (including phenoxy) is 1. The number of benzene rings is 1. The molecule has 1 aromatic rings. The molecule has 0 N–H and O–H groups in total. The number of nitrogens with zero attached hydrogens (tertiary/aromatic N) is 1. The molecule has 22 heavy (non-hydrogen) atoms. The molecule has 1 aromatic carbocycles. The summed E-state index contributed by atoms with van der Waals surface area (Å²) in [4.78, 5) is 13.4. The van der Waals surface area contributed by atoms with Gasteiger partial charge in [0, 0.05) is 13.0 Å². The Hall–Kier alpha value is -1.61. The van der Waals surface area contributed by atoms with E-state index in [0.29, 0.717) is 12.0 Å². The highest BCUT2D eigenvalue weighted by atomic mass is 16.5. The van der Waals surface area contributed by atoms with Gasteiger partial charge in [-0.25, -0.2) is 0 Å². The van der Waals surface area contributed by atoms with Crippen LogP contribution in [0.4, 0.5) is 0 Å². The Morgan fingerprint density at radius 3 is 2.23 bits per heavy atom. The largest absolute Gasteiger partial charge is 0.432 e. The Bertz CT molecular complexity index is 524. The van der Waals surface area contributed by atoms with Crippen molar-refractivity contribution in [1.29, 1.82) is 0 Å².